The number of rotatable bonds is 6. The molecule has 0 aliphatic carbocycles. The fourth-order valence-electron chi connectivity index (χ4n) is 3.47. The van der Waals surface area contributed by atoms with E-state index in [-0.39, 0.29) is 26.2 Å². The van der Waals surface area contributed by atoms with Crippen LogP contribution in [0.2, 0.25) is 0 Å². The van der Waals surface area contributed by atoms with Gasteiger partial charge in [0.1, 0.15) is 5.54 Å². The van der Waals surface area contributed by atoms with Crippen LogP contribution in [0.5, 0.6) is 0 Å². The zero-order valence-corrected chi connectivity index (χ0v) is 19.2. The lowest BCUT2D eigenvalue weighted by Crippen LogP contribution is -2.69. The molecule has 7 nitrogen and oxygen atoms in total. The van der Waals surface area contributed by atoms with Crippen LogP contribution in [-0.4, -0.2) is 54.3 Å². The topological polar surface area (TPSA) is 86.8 Å². The first-order valence-electron chi connectivity index (χ1n) is 9.42. The Kier molecular flexibility index (Phi) is 6.64. The van der Waals surface area contributed by atoms with E-state index < -0.39 is 27.4 Å². The summed E-state index contributed by atoms with van der Waals surface area (Å²) in [5.41, 5.74) is 0.401. The molecule has 3 rings (SSSR count). The van der Waals surface area contributed by atoms with E-state index in [1.165, 1.54) is 4.90 Å². The van der Waals surface area contributed by atoms with Gasteiger partial charge in [-0.05, 0) is 30.2 Å². The molecule has 0 saturated carbocycles. The lowest BCUT2D eigenvalue weighted by molar-refractivity contribution is -0.153. The minimum atomic E-state index is -3.64. The van der Waals surface area contributed by atoms with Crippen LogP contribution >= 0.6 is 15.9 Å². The van der Waals surface area contributed by atoms with Gasteiger partial charge in [0.2, 0.25) is 21.8 Å². The summed E-state index contributed by atoms with van der Waals surface area (Å²) in [6, 6.07) is 16.9. The Balaban J connectivity index is 1.89. The zero-order valence-electron chi connectivity index (χ0n) is 16.8. The number of nitrogens with zero attached hydrogens (tertiary/aromatic N) is 2. The van der Waals surface area contributed by atoms with E-state index in [1.807, 2.05) is 54.6 Å². The molecule has 1 fully saturated rings. The van der Waals surface area contributed by atoms with Crippen LogP contribution in [0, 0.1) is 0 Å². The first-order chi connectivity index (χ1) is 14.1. The summed E-state index contributed by atoms with van der Waals surface area (Å²) < 4.78 is 26.2. The SMILES string of the molecule is CC1(C(=O)NCc2ccccc2)CN(S(C)(=O)=O)CC(=O)N1Cc1cccc(Br)c1. The maximum atomic E-state index is 13.2. The van der Waals surface area contributed by atoms with Gasteiger partial charge in [0.05, 0.1) is 12.8 Å². The predicted octanol–water partition coefficient (Wildman–Crippen LogP) is 2.13. The van der Waals surface area contributed by atoms with Crippen molar-refractivity contribution in [1.82, 2.24) is 14.5 Å². The first kappa shape index (κ1) is 22.5. The Labute approximate surface area is 185 Å². The molecule has 2 aromatic carbocycles. The molecule has 1 aliphatic rings. The fraction of sp³-hybridized carbons (Fsp3) is 0.333. The van der Waals surface area contributed by atoms with Crippen LogP contribution in [0.15, 0.2) is 59.1 Å². The van der Waals surface area contributed by atoms with Gasteiger partial charge in [-0.15, -0.1) is 0 Å². The number of sulfonamides is 1. The predicted molar refractivity (Wildman–Crippen MR) is 118 cm³/mol. The van der Waals surface area contributed by atoms with E-state index in [1.54, 1.807) is 6.92 Å². The summed E-state index contributed by atoms with van der Waals surface area (Å²) >= 11 is 3.42. The summed E-state index contributed by atoms with van der Waals surface area (Å²) in [5, 5.41) is 2.87. The van der Waals surface area contributed by atoms with Gasteiger partial charge < -0.3 is 10.2 Å². The van der Waals surface area contributed by atoms with Crippen molar-refractivity contribution in [2.45, 2.75) is 25.6 Å². The summed E-state index contributed by atoms with van der Waals surface area (Å²) in [5.74, 6) is -0.813. The van der Waals surface area contributed by atoms with E-state index >= 15 is 0 Å². The van der Waals surface area contributed by atoms with E-state index in [0.29, 0.717) is 0 Å². The number of carbonyl (C=O) groups is 2. The largest absolute Gasteiger partial charge is 0.350 e. The zero-order chi connectivity index (χ0) is 21.9. The number of benzene rings is 2. The first-order valence-corrected chi connectivity index (χ1v) is 12.1. The Morgan fingerprint density at radius 2 is 1.80 bits per heavy atom. The number of hydrogen-bond acceptors (Lipinski definition) is 4. The van der Waals surface area contributed by atoms with Crippen molar-refractivity contribution in [2.75, 3.05) is 19.3 Å². The Morgan fingerprint density at radius 3 is 2.43 bits per heavy atom. The lowest BCUT2D eigenvalue weighted by atomic mass is 9.94. The molecule has 9 heteroatoms. The van der Waals surface area contributed by atoms with Gasteiger partial charge in [-0.2, -0.15) is 4.31 Å². The van der Waals surface area contributed by atoms with Gasteiger partial charge in [-0.1, -0.05) is 58.4 Å². The van der Waals surface area contributed by atoms with Crippen molar-refractivity contribution in [1.29, 1.82) is 0 Å². The third kappa shape index (κ3) is 5.08. The second-order valence-corrected chi connectivity index (χ2v) is 10.5. The highest BCUT2D eigenvalue weighted by atomic mass is 79.9. The van der Waals surface area contributed by atoms with E-state index in [0.717, 1.165) is 26.2 Å². The summed E-state index contributed by atoms with van der Waals surface area (Å²) in [4.78, 5) is 27.7. The van der Waals surface area contributed by atoms with Crippen molar-refractivity contribution in [3.8, 4) is 0 Å². The highest BCUT2D eigenvalue weighted by molar-refractivity contribution is 9.10. The Hall–Kier alpha value is -2.23. The Bertz CT molecular complexity index is 1050. The quantitative estimate of drug-likeness (QED) is 0.667. The molecule has 1 unspecified atom stereocenters. The number of nitrogens with one attached hydrogen (secondary N) is 1. The summed E-state index contributed by atoms with van der Waals surface area (Å²) in [6.45, 7) is 1.71. The highest BCUT2D eigenvalue weighted by Gasteiger charge is 2.49. The molecule has 0 bridgehead atoms. The lowest BCUT2D eigenvalue weighted by Gasteiger charge is -2.46. The third-order valence-corrected chi connectivity index (χ3v) is 6.87. The molecule has 0 radical (unpaired) electrons. The minimum Gasteiger partial charge on any atom is -0.350 e. The van der Waals surface area contributed by atoms with Crippen molar-refractivity contribution in [2.24, 2.45) is 0 Å². The van der Waals surface area contributed by atoms with Crippen molar-refractivity contribution in [3.05, 3.63) is 70.2 Å². The average molecular weight is 494 g/mol. The van der Waals surface area contributed by atoms with Crippen LogP contribution in [0.1, 0.15) is 18.1 Å². The molecule has 2 amide bonds. The smallest absolute Gasteiger partial charge is 0.247 e. The van der Waals surface area contributed by atoms with Crippen molar-refractivity contribution < 1.29 is 18.0 Å². The molecule has 0 spiro atoms. The van der Waals surface area contributed by atoms with Crippen molar-refractivity contribution >= 4 is 37.8 Å². The molecule has 1 heterocycles. The van der Waals surface area contributed by atoms with Crippen LogP contribution in [-0.2, 0) is 32.7 Å². The minimum absolute atomic E-state index is 0.105. The van der Waals surface area contributed by atoms with Gasteiger partial charge in [-0.25, -0.2) is 8.42 Å². The molecule has 1 saturated heterocycles. The number of halogens is 1. The maximum Gasteiger partial charge on any atom is 0.247 e. The van der Waals surface area contributed by atoms with E-state index in [4.69, 9.17) is 0 Å². The van der Waals surface area contributed by atoms with Gasteiger partial charge in [0.25, 0.3) is 0 Å². The van der Waals surface area contributed by atoms with Crippen molar-refractivity contribution in [3.63, 3.8) is 0 Å². The number of carbonyl (C=O) groups excluding carboxylic acids is 2. The maximum absolute atomic E-state index is 13.2. The monoisotopic (exact) mass is 493 g/mol. The molecule has 0 aromatic heterocycles. The molecular formula is C21H24BrN3O4S. The molecule has 1 aliphatic heterocycles. The summed E-state index contributed by atoms with van der Waals surface area (Å²) in [6.07, 6.45) is 1.05. The van der Waals surface area contributed by atoms with Gasteiger partial charge >= 0.3 is 0 Å². The third-order valence-electron chi connectivity index (χ3n) is 5.18. The number of amides is 2. The normalized spacial score (nSPS) is 20.2. The highest BCUT2D eigenvalue weighted by Crippen LogP contribution is 2.27. The molecule has 1 atom stereocenters. The van der Waals surface area contributed by atoms with Crippen LogP contribution < -0.4 is 5.32 Å². The number of piperazine rings is 1. The molecule has 2 aromatic rings. The summed E-state index contributed by atoms with van der Waals surface area (Å²) in [7, 11) is -3.64. The second kappa shape index (κ2) is 8.87. The Morgan fingerprint density at radius 1 is 1.13 bits per heavy atom. The van der Waals surface area contributed by atoms with Gasteiger partial charge in [0.15, 0.2) is 0 Å². The standard InChI is InChI=1S/C21H24BrN3O4S/c1-21(20(27)23-12-16-7-4-3-5-8-16)15-24(30(2,28)29)14-19(26)25(21)13-17-9-6-10-18(22)11-17/h3-11H,12-15H2,1-2H3,(H,23,27). The molecule has 30 heavy (non-hydrogen) atoms. The molecular weight excluding hydrogens is 470 g/mol. The van der Waals surface area contributed by atoms with Gasteiger partial charge in [0, 0.05) is 24.1 Å². The van der Waals surface area contributed by atoms with E-state index in [2.05, 4.69) is 21.2 Å². The molecule has 1 N–H and O–H groups in total. The van der Waals surface area contributed by atoms with Gasteiger partial charge in [-0.3, -0.25) is 9.59 Å². The fourth-order valence-corrected chi connectivity index (χ4v) is 4.75. The van der Waals surface area contributed by atoms with E-state index in [9.17, 15) is 18.0 Å². The number of hydrogen-bond donors (Lipinski definition) is 1. The molecule has 160 valence electrons. The van der Waals surface area contributed by atoms with Crippen LogP contribution in [0.3, 0.4) is 0 Å². The van der Waals surface area contributed by atoms with Crippen LogP contribution in [0.25, 0.3) is 0 Å². The average Bonchev–Trinajstić information content (AvgIpc) is 2.69. The van der Waals surface area contributed by atoms with Crippen LogP contribution in [0.4, 0.5) is 0 Å². The second-order valence-electron chi connectivity index (χ2n) is 7.58.